The number of Topliss-reactive ketones (excluding diaryl/α,β-unsaturated/α-hetero) is 2. The van der Waals surface area contributed by atoms with E-state index in [4.69, 9.17) is 9.47 Å². The van der Waals surface area contributed by atoms with Crippen LogP contribution >= 0.6 is 0 Å². The van der Waals surface area contributed by atoms with Gasteiger partial charge in [-0.2, -0.15) is 0 Å². The van der Waals surface area contributed by atoms with E-state index in [0.717, 1.165) is 6.42 Å². The van der Waals surface area contributed by atoms with Gasteiger partial charge >= 0.3 is 11.9 Å². The number of ether oxygens (including phenoxy) is 2. The first-order valence-electron chi connectivity index (χ1n) is 8.82. The summed E-state index contributed by atoms with van der Waals surface area (Å²) in [6.07, 6.45) is 0.998. The third kappa shape index (κ3) is 2.14. The molecule has 1 aliphatic carbocycles. The Morgan fingerprint density at radius 3 is 2.41 bits per heavy atom. The van der Waals surface area contributed by atoms with Gasteiger partial charge in [0, 0.05) is 23.2 Å². The molecule has 2 heterocycles. The van der Waals surface area contributed by atoms with Gasteiger partial charge in [-0.25, -0.2) is 0 Å². The third-order valence-electron chi connectivity index (χ3n) is 5.85. The lowest BCUT2D eigenvalue weighted by atomic mass is 9.68. The number of esters is 2. The Labute approximate surface area is 155 Å². The van der Waals surface area contributed by atoms with Crippen molar-refractivity contribution in [3.8, 4) is 0 Å². The van der Waals surface area contributed by atoms with Crippen molar-refractivity contribution in [2.45, 2.75) is 25.3 Å². The van der Waals surface area contributed by atoms with Crippen LogP contribution in [0.1, 0.15) is 40.0 Å². The highest BCUT2D eigenvalue weighted by Crippen LogP contribution is 2.55. The molecular weight excluding hydrogens is 350 g/mol. The standard InChI is InChI=1S/C20H19NO6/c1-26-14(22)10-20(19(25)27-2)13-8-5-9-21(13)16-15(20)17(23)11-6-3-4-7-12(11)18(16)24/h3-4,6-7,13H,5,8-10H2,1-2H3. The topological polar surface area (TPSA) is 90.0 Å². The van der Waals surface area contributed by atoms with Crippen LogP contribution in [0.25, 0.3) is 0 Å². The fourth-order valence-corrected chi connectivity index (χ4v) is 4.76. The van der Waals surface area contributed by atoms with E-state index in [9.17, 15) is 19.2 Å². The third-order valence-corrected chi connectivity index (χ3v) is 5.85. The quantitative estimate of drug-likeness (QED) is 0.746. The van der Waals surface area contributed by atoms with Crippen molar-refractivity contribution in [2.75, 3.05) is 20.8 Å². The van der Waals surface area contributed by atoms with Crippen molar-refractivity contribution in [3.05, 3.63) is 46.7 Å². The number of ketones is 2. The maximum atomic E-state index is 13.4. The largest absolute Gasteiger partial charge is 0.469 e. The van der Waals surface area contributed by atoms with Crippen molar-refractivity contribution in [3.63, 3.8) is 0 Å². The van der Waals surface area contributed by atoms with E-state index in [1.165, 1.54) is 14.2 Å². The van der Waals surface area contributed by atoms with Crippen LogP contribution in [-0.2, 0) is 19.1 Å². The molecule has 4 rings (SSSR count). The van der Waals surface area contributed by atoms with Gasteiger partial charge in [-0.05, 0) is 12.8 Å². The van der Waals surface area contributed by atoms with Gasteiger partial charge in [0.25, 0.3) is 0 Å². The molecule has 140 valence electrons. The van der Waals surface area contributed by atoms with Crippen LogP contribution in [0.3, 0.4) is 0 Å². The first-order valence-corrected chi connectivity index (χ1v) is 8.82. The summed E-state index contributed by atoms with van der Waals surface area (Å²) in [7, 11) is 2.45. The highest BCUT2D eigenvalue weighted by atomic mass is 16.5. The Balaban J connectivity index is 1.99. The van der Waals surface area contributed by atoms with Crippen molar-refractivity contribution >= 4 is 23.5 Å². The molecular formula is C20H19NO6. The van der Waals surface area contributed by atoms with Crippen LogP contribution < -0.4 is 0 Å². The van der Waals surface area contributed by atoms with E-state index in [1.54, 1.807) is 24.3 Å². The summed E-state index contributed by atoms with van der Waals surface area (Å²) in [5.74, 6) is -2.00. The van der Waals surface area contributed by atoms with Crippen LogP contribution in [0, 0.1) is 5.41 Å². The number of allylic oxidation sites excluding steroid dienone is 1. The molecule has 2 aliphatic heterocycles. The minimum absolute atomic E-state index is 0.0770. The Hall–Kier alpha value is -2.96. The van der Waals surface area contributed by atoms with Crippen LogP contribution in [-0.4, -0.2) is 55.2 Å². The van der Waals surface area contributed by atoms with Crippen LogP contribution in [0.15, 0.2) is 35.5 Å². The molecule has 0 N–H and O–H groups in total. The molecule has 7 heteroatoms. The van der Waals surface area contributed by atoms with Crippen molar-refractivity contribution in [2.24, 2.45) is 5.41 Å². The normalized spacial score (nSPS) is 25.9. The zero-order valence-corrected chi connectivity index (χ0v) is 15.1. The lowest BCUT2D eigenvalue weighted by Crippen LogP contribution is -2.47. The Morgan fingerprint density at radius 2 is 1.78 bits per heavy atom. The molecule has 2 atom stereocenters. The lowest BCUT2D eigenvalue weighted by Gasteiger charge is -2.34. The minimum Gasteiger partial charge on any atom is -0.469 e. The van der Waals surface area contributed by atoms with Gasteiger partial charge in [-0.1, -0.05) is 24.3 Å². The number of fused-ring (bicyclic) bond motifs is 3. The fraction of sp³-hybridized carbons (Fsp3) is 0.400. The molecule has 7 nitrogen and oxygen atoms in total. The molecule has 27 heavy (non-hydrogen) atoms. The summed E-state index contributed by atoms with van der Waals surface area (Å²) in [5, 5.41) is 0. The smallest absolute Gasteiger partial charge is 0.319 e. The predicted octanol–water partition coefficient (Wildman–Crippen LogP) is 1.52. The highest BCUT2D eigenvalue weighted by Gasteiger charge is 2.64. The molecule has 0 radical (unpaired) electrons. The zero-order valence-electron chi connectivity index (χ0n) is 15.1. The van der Waals surface area contributed by atoms with Crippen molar-refractivity contribution < 1.29 is 28.7 Å². The molecule has 1 aromatic rings. The number of methoxy groups -OCH3 is 2. The van der Waals surface area contributed by atoms with Crippen molar-refractivity contribution in [1.29, 1.82) is 0 Å². The van der Waals surface area contributed by atoms with Crippen LogP contribution in [0.5, 0.6) is 0 Å². The molecule has 1 aromatic carbocycles. The Morgan fingerprint density at radius 1 is 1.11 bits per heavy atom. The maximum Gasteiger partial charge on any atom is 0.319 e. The molecule has 3 aliphatic rings. The molecule has 1 saturated heterocycles. The number of rotatable bonds is 3. The molecule has 0 bridgehead atoms. The van der Waals surface area contributed by atoms with Gasteiger partial charge in [0.15, 0.2) is 5.78 Å². The molecule has 2 unspecified atom stereocenters. The number of hydrogen-bond donors (Lipinski definition) is 0. The second kappa shape index (κ2) is 6.04. The van der Waals surface area contributed by atoms with E-state index in [1.807, 2.05) is 4.90 Å². The van der Waals surface area contributed by atoms with Crippen LogP contribution in [0.2, 0.25) is 0 Å². The van der Waals surface area contributed by atoms with Gasteiger partial charge in [0.05, 0.1) is 32.4 Å². The number of carbonyl (C=O) groups is 4. The van der Waals surface area contributed by atoms with E-state index in [2.05, 4.69) is 0 Å². The average molecular weight is 369 g/mol. The monoisotopic (exact) mass is 369 g/mol. The average Bonchev–Trinajstić information content (AvgIpc) is 3.26. The first kappa shape index (κ1) is 17.5. The zero-order chi connectivity index (χ0) is 19.3. The summed E-state index contributed by atoms with van der Waals surface area (Å²) in [5.41, 5.74) is -0.650. The summed E-state index contributed by atoms with van der Waals surface area (Å²) in [6.45, 7) is 0.546. The molecule has 0 saturated carbocycles. The Kier molecular flexibility index (Phi) is 3.91. The van der Waals surface area contributed by atoms with Crippen LogP contribution in [0.4, 0.5) is 0 Å². The van der Waals surface area contributed by atoms with Gasteiger partial charge in [0.2, 0.25) is 5.78 Å². The second-order valence-corrected chi connectivity index (χ2v) is 6.99. The SMILES string of the molecule is COC(=O)CC1(C(=O)OC)C2=C(C(=O)c3ccccc3C2=O)N2CCCC21. The van der Waals surface area contributed by atoms with Crippen molar-refractivity contribution in [1.82, 2.24) is 4.90 Å². The minimum atomic E-state index is -1.53. The van der Waals surface area contributed by atoms with Gasteiger partial charge in [-0.15, -0.1) is 0 Å². The molecule has 0 amide bonds. The highest BCUT2D eigenvalue weighted by molar-refractivity contribution is 6.29. The fourth-order valence-electron chi connectivity index (χ4n) is 4.76. The number of benzene rings is 1. The maximum absolute atomic E-state index is 13.4. The lowest BCUT2D eigenvalue weighted by molar-refractivity contribution is -0.159. The summed E-state index contributed by atoms with van der Waals surface area (Å²) in [4.78, 5) is 53.6. The number of carbonyl (C=O) groups excluding carboxylic acids is 4. The van der Waals surface area contributed by atoms with E-state index >= 15 is 0 Å². The van der Waals surface area contributed by atoms with Gasteiger partial charge in [0.1, 0.15) is 5.41 Å². The summed E-state index contributed by atoms with van der Waals surface area (Å²) < 4.78 is 9.85. The van der Waals surface area contributed by atoms with Gasteiger partial charge in [-0.3, -0.25) is 19.2 Å². The summed E-state index contributed by atoms with van der Waals surface area (Å²) in [6, 6.07) is 6.09. The molecule has 1 fully saturated rings. The Bertz CT molecular complexity index is 917. The van der Waals surface area contributed by atoms with E-state index < -0.39 is 29.2 Å². The van der Waals surface area contributed by atoms with Gasteiger partial charge < -0.3 is 14.4 Å². The number of nitrogens with zero attached hydrogens (tertiary/aromatic N) is 1. The van der Waals surface area contributed by atoms with E-state index in [0.29, 0.717) is 18.5 Å². The number of hydrogen-bond acceptors (Lipinski definition) is 7. The second-order valence-electron chi connectivity index (χ2n) is 6.99. The van der Waals surface area contributed by atoms with E-state index in [-0.39, 0.29) is 29.0 Å². The summed E-state index contributed by atoms with van der Waals surface area (Å²) >= 11 is 0. The molecule has 0 spiro atoms. The molecule has 0 aromatic heterocycles. The predicted molar refractivity (Wildman–Crippen MR) is 92.9 cm³/mol. The first-order chi connectivity index (χ1) is 13.0.